The zero-order valence-corrected chi connectivity index (χ0v) is 15.4. The molecule has 3 aliphatic heterocycles. The van der Waals surface area contributed by atoms with Crippen LogP contribution in [-0.4, -0.2) is 41.4 Å². The molecule has 4 heteroatoms. The second kappa shape index (κ2) is 6.86. The van der Waals surface area contributed by atoms with Gasteiger partial charge in [0.25, 0.3) is 5.91 Å². The molecule has 6 rings (SSSR count). The van der Waals surface area contributed by atoms with E-state index in [1.165, 1.54) is 6.42 Å². The first-order chi connectivity index (χ1) is 13.3. The largest absolute Gasteiger partial charge is 0.460 e. The van der Waals surface area contributed by atoms with Crippen molar-refractivity contribution in [2.24, 2.45) is 5.92 Å². The van der Waals surface area contributed by atoms with E-state index in [-0.39, 0.29) is 5.91 Å². The number of para-hydroxylation sites is 1. The van der Waals surface area contributed by atoms with Crippen LogP contribution in [0.15, 0.2) is 65.1 Å². The summed E-state index contributed by atoms with van der Waals surface area (Å²) in [5, 5.41) is 1.16. The first kappa shape index (κ1) is 16.6. The second-order valence-electron chi connectivity index (χ2n) is 7.85. The Balaban J connectivity index is 1.34. The molecule has 0 radical (unpaired) electrons. The summed E-state index contributed by atoms with van der Waals surface area (Å²) in [6.07, 6.45) is 2.36. The number of benzene rings is 2. The van der Waals surface area contributed by atoms with Gasteiger partial charge in [-0.3, -0.25) is 9.69 Å². The van der Waals surface area contributed by atoms with Crippen LogP contribution in [0.25, 0.3) is 11.0 Å². The number of amides is 1. The SMILES string of the molecule is O=C(c1ccccc1)N1C[C@@H]2CC[C@H](C1)N(Cc1cc3ccccc3o1)C2. The van der Waals surface area contributed by atoms with Gasteiger partial charge in [-0.2, -0.15) is 0 Å². The molecule has 27 heavy (non-hydrogen) atoms. The summed E-state index contributed by atoms with van der Waals surface area (Å²) in [5.41, 5.74) is 1.75. The maximum atomic E-state index is 12.9. The number of carbonyl (C=O) groups excluding carboxylic acids is 1. The fourth-order valence-corrected chi connectivity index (χ4v) is 4.62. The van der Waals surface area contributed by atoms with E-state index in [0.29, 0.717) is 12.0 Å². The molecule has 138 valence electrons. The Bertz CT molecular complexity index is 916. The highest BCUT2D eigenvalue weighted by atomic mass is 16.3. The molecule has 2 atom stereocenters. The van der Waals surface area contributed by atoms with Crippen LogP contribution >= 0.6 is 0 Å². The van der Waals surface area contributed by atoms with Crippen LogP contribution < -0.4 is 0 Å². The van der Waals surface area contributed by atoms with Crippen LogP contribution in [0.2, 0.25) is 0 Å². The van der Waals surface area contributed by atoms with E-state index >= 15 is 0 Å². The molecule has 3 aromatic rings. The molecule has 2 bridgehead atoms. The molecule has 0 saturated carbocycles. The summed E-state index contributed by atoms with van der Waals surface area (Å²) in [4.78, 5) is 17.5. The second-order valence-corrected chi connectivity index (χ2v) is 7.85. The molecule has 3 aliphatic rings. The molecule has 2 aromatic carbocycles. The fourth-order valence-electron chi connectivity index (χ4n) is 4.62. The standard InChI is InChI=1S/C23H24N2O2/c26-23(18-6-2-1-3-7-18)25-14-17-10-11-20(15-25)24(13-17)16-21-12-19-8-4-5-9-22(19)27-21/h1-9,12,17,20H,10-11,13-16H2/t17-,20-/m1/s1. The quantitative estimate of drug-likeness (QED) is 0.703. The van der Waals surface area contributed by atoms with Gasteiger partial charge < -0.3 is 9.32 Å². The van der Waals surface area contributed by atoms with Crippen molar-refractivity contribution in [3.05, 3.63) is 72.0 Å². The topological polar surface area (TPSA) is 36.7 Å². The zero-order chi connectivity index (χ0) is 18.2. The predicted molar refractivity (Wildman–Crippen MR) is 105 cm³/mol. The van der Waals surface area contributed by atoms with Gasteiger partial charge >= 0.3 is 0 Å². The monoisotopic (exact) mass is 360 g/mol. The fraction of sp³-hybridized carbons (Fsp3) is 0.348. The molecule has 0 spiro atoms. The maximum absolute atomic E-state index is 12.9. The molecular formula is C23H24N2O2. The van der Waals surface area contributed by atoms with Gasteiger partial charge in [0.2, 0.25) is 0 Å². The maximum Gasteiger partial charge on any atom is 0.253 e. The lowest BCUT2D eigenvalue weighted by Gasteiger charge is -2.35. The molecule has 1 aromatic heterocycles. The lowest BCUT2D eigenvalue weighted by atomic mass is 9.95. The first-order valence-electron chi connectivity index (χ1n) is 9.82. The molecular weight excluding hydrogens is 336 g/mol. The van der Waals surface area contributed by atoms with Crippen molar-refractivity contribution in [1.29, 1.82) is 0 Å². The number of hydrogen-bond donors (Lipinski definition) is 0. The number of piperidine rings is 1. The highest BCUT2D eigenvalue weighted by Gasteiger charge is 2.36. The highest BCUT2D eigenvalue weighted by molar-refractivity contribution is 5.94. The predicted octanol–water partition coefficient (Wildman–Crippen LogP) is 4.17. The van der Waals surface area contributed by atoms with Crippen LogP contribution in [0.3, 0.4) is 0 Å². The normalized spacial score (nSPS) is 22.9. The Morgan fingerprint density at radius 1 is 0.963 bits per heavy atom. The van der Waals surface area contributed by atoms with Crippen molar-refractivity contribution < 1.29 is 9.21 Å². The van der Waals surface area contributed by atoms with E-state index in [9.17, 15) is 4.79 Å². The van der Waals surface area contributed by atoms with Crippen LogP contribution in [0, 0.1) is 5.92 Å². The van der Waals surface area contributed by atoms with Gasteiger partial charge in [0.1, 0.15) is 11.3 Å². The van der Waals surface area contributed by atoms with Crippen molar-refractivity contribution in [2.45, 2.75) is 25.4 Å². The van der Waals surface area contributed by atoms with Crippen molar-refractivity contribution in [2.75, 3.05) is 19.6 Å². The zero-order valence-electron chi connectivity index (χ0n) is 15.4. The third-order valence-corrected chi connectivity index (χ3v) is 5.97. The molecule has 3 fully saturated rings. The Labute approximate surface area is 159 Å². The van der Waals surface area contributed by atoms with Gasteiger partial charge in [0.05, 0.1) is 6.54 Å². The summed E-state index contributed by atoms with van der Waals surface area (Å²) >= 11 is 0. The van der Waals surface area contributed by atoms with Crippen molar-refractivity contribution in [3.8, 4) is 0 Å². The molecule has 0 unspecified atom stereocenters. The lowest BCUT2D eigenvalue weighted by Crippen LogP contribution is -2.43. The first-order valence-corrected chi connectivity index (χ1v) is 9.82. The van der Waals surface area contributed by atoms with E-state index in [0.717, 1.165) is 54.9 Å². The smallest absolute Gasteiger partial charge is 0.253 e. The number of rotatable bonds is 3. The summed E-state index contributed by atoms with van der Waals surface area (Å²) in [7, 11) is 0. The number of carbonyl (C=O) groups is 1. The van der Waals surface area contributed by atoms with E-state index in [1.807, 2.05) is 48.5 Å². The third-order valence-electron chi connectivity index (χ3n) is 5.97. The number of fused-ring (bicyclic) bond motifs is 5. The average molecular weight is 360 g/mol. The average Bonchev–Trinajstić information content (AvgIpc) is 2.89. The summed E-state index contributed by atoms with van der Waals surface area (Å²) in [6, 6.07) is 20.4. The molecule has 0 N–H and O–H groups in total. The Morgan fingerprint density at radius 3 is 2.63 bits per heavy atom. The van der Waals surface area contributed by atoms with Crippen LogP contribution in [0.4, 0.5) is 0 Å². The van der Waals surface area contributed by atoms with Crippen molar-refractivity contribution in [1.82, 2.24) is 9.80 Å². The van der Waals surface area contributed by atoms with E-state index in [1.54, 1.807) is 0 Å². The van der Waals surface area contributed by atoms with Gasteiger partial charge in [0.15, 0.2) is 0 Å². The van der Waals surface area contributed by atoms with E-state index in [2.05, 4.69) is 21.9 Å². The van der Waals surface area contributed by atoms with Gasteiger partial charge in [-0.05, 0) is 43.0 Å². The van der Waals surface area contributed by atoms with Gasteiger partial charge in [0, 0.05) is 36.6 Å². The molecule has 0 aliphatic carbocycles. The van der Waals surface area contributed by atoms with Gasteiger partial charge in [-0.1, -0.05) is 36.4 Å². The van der Waals surface area contributed by atoms with Gasteiger partial charge in [-0.25, -0.2) is 0 Å². The Morgan fingerprint density at radius 2 is 1.78 bits per heavy atom. The summed E-state index contributed by atoms with van der Waals surface area (Å²) in [6.45, 7) is 3.54. The minimum Gasteiger partial charge on any atom is -0.460 e. The van der Waals surface area contributed by atoms with Gasteiger partial charge in [-0.15, -0.1) is 0 Å². The molecule has 4 heterocycles. The Kier molecular flexibility index (Phi) is 4.21. The van der Waals surface area contributed by atoms with E-state index in [4.69, 9.17) is 4.42 Å². The minimum atomic E-state index is 0.165. The molecule has 1 amide bonds. The molecule has 4 nitrogen and oxygen atoms in total. The summed E-state index contributed by atoms with van der Waals surface area (Å²) < 4.78 is 6.04. The van der Waals surface area contributed by atoms with Crippen molar-refractivity contribution >= 4 is 16.9 Å². The lowest BCUT2D eigenvalue weighted by molar-refractivity contribution is 0.0734. The third kappa shape index (κ3) is 3.26. The van der Waals surface area contributed by atoms with Crippen molar-refractivity contribution in [3.63, 3.8) is 0 Å². The highest BCUT2D eigenvalue weighted by Crippen LogP contribution is 2.31. The Hall–Kier alpha value is -2.59. The van der Waals surface area contributed by atoms with Crippen LogP contribution in [-0.2, 0) is 6.54 Å². The number of furan rings is 1. The van der Waals surface area contributed by atoms with Crippen LogP contribution in [0.5, 0.6) is 0 Å². The van der Waals surface area contributed by atoms with E-state index < -0.39 is 0 Å². The number of hydrogen-bond acceptors (Lipinski definition) is 3. The molecule has 3 saturated heterocycles. The number of nitrogens with zero attached hydrogens (tertiary/aromatic N) is 2. The minimum absolute atomic E-state index is 0.165. The van der Waals surface area contributed by atoms with Crippen LogP contribution in [0.1, 0.15) is 29.0 Å². The summed E-state index contributed by atoms with van der Waals surface area (Å²) in [5.74, 6) is 1.73.